The van der Waals surface area contributed by atoms with E-state index >= 15 is 0 Å². The fourth-order valence-electron chi connectivity index (χ4n) is 5.14. The Labute approximate surface area is 224 Å². The van der Waals surface area contributed by atoms with E-state index in [4.69, 9.17) is 23.2 Å². The van der Waals surface area contributed by atoms with Gasteiger partial charge in [-0.3, -0.25) is 19.2 Å². The minimum absolute atomic E-state index is 0.180. The number of hydrogen-bond acceptors (Lipinski definition) is 5. The highest BCUT2D eigenvalue weighted by atomic mass is 35.5. The molecule has 202 valence electrons. The van der Waals surface area contributed by atoms with Crippen LogP contribution in [0.1, 0.15) is 50.4 Å². The maximum atomic E-state index is 13.0. The Kier molecular flexibility index (Phi) is 8.44. The summed E-state index contributed by atoms with van der Waals surface area (Å²) in [5.74, 6) is -4.49. The van der Waals surface area contributed by atoms with E-state index in [0.717, 1.165) is 0 Å². The molecule has 3 amide bonds. The van der Waals surface area contributed by atoms with Gasteiger partial charge in [0.2, 0.25) is 11.8 Å². The zero-order valence-corrected chi connectivity index (χ0v) is 22.4. The van der Waals surface area contributed by atoms with Crippen LogP contribution in [0, 0.1) is 16.7 Å². The number of nitrogens with one attached hydrogen (secondary N) is 1. The number of halogens is 2. The molecule has 0 spiro atoms. The van der Waals surface area contributed by atoms with Crippen molar-refractivity contribution in [2.75, 3.05) is 26.2 Å². The van der Waals surface area contributed by atoms with Crippen molar-refractivity contribution in [3.8, 4) is 0 Å². The maximum absolute atomic E-state index is 13.0. The molecule has 1 saturated carbocycles. The molecule has 3 atom stereocenters. The molecule has 37 heavy (non-hydrogen) atoms. The van der Waals surface area contributed by atoms with E-state index in [1.165, 1.54) is 9.80 Å². The minimum Gasteiger partial charge on any atom is -0.481 e. The molecule has 3 rings (SSSR count). The van der Waals surface area contributed by atoms with Crippen molar-refractivity contribution in [2.24, 2.45) is 16.7 Å². The third-order valence-electron chi connectivity index (χ3n) is 8.10. The molecule has 1 aromatic rings. The van der Waals surface area contributed by atoms with Crippen LogP contribution in [0.15, 0.2) is 18.2 Å². The summed E-state index contributed by atoms with van der Waals surface area (Å²) in [5.41, 5.74) is -1.86. The molecule has 10 nitrogen and oxygen atoms in total. The van der Waals surface area contributed by atoms with E-state index in [1.54, 1.807) is 39.0 Å². The molecule has 1 saturated heterocycles. The van der Waals surface area contributed by atoms with Crippen molar-refractivity contribution >= 4 is 52.9 Å². The number of hydrogen-bond donors (Lipinski definition) is 3. The first kappa shape index (κ1) is 28.7. The number of nitrogens with zero attached hydrogens (tertiary/aromatic N) is 2. The second-order valence-electron chi connectivity index (χ2n) is 10.3. The lowest BCUT2D eigenvalue weighted by Gasteiger charge is -2.38. The zero-order chi connectivity index (χ0) is 27.7. The number of rotatable bonds is 7. The van der Waals surface area contributed by atoms with E-state index in [1.807, 2.05) is 0 Å². The molecule has 2 fully saturated rings. The Morgan fingerprint density at radius 3 is 2.03 bits per heavy atom. The maximum Gasteiger partial charge on any atom is 0.326 e. The number of piperazine rings is 1. The van der Waals surface area contributed by atoms with E-state index in [2.05, 4.69) is 5.32 Å². The van der Waals surface area contributed by atoms with Crippen LogP contribution in [0.25, 0.3) is 0 Å². The van der Waals surface area contributed by atoms with Crippen LogP contribution < -0.4 is 5.32 Å². The van der Waals surface area contributed by atoms with Crippen molar-refractivity contribution in [1.82, 2.24) is 15.1 Å². The summed E-state index contributed by atoms with van der Waals surface area (Å²) in [5, 5.41) is 22.2. The van der Waals surface area contributed by atoms with Crippen LogP contribution >= 0.6 is 23.2 Å². The number of amides is 3. The number of carbonyl (C=O) groups excluding carboxylic acids is 3. The highest BCUT2D eigenvalue weighted by Crippen LogP contribution is 2.56. The quantitative estimate of drug-likeness (QED) is 0.469. The summed E-state index contributed by atoms with van der Waals surface area (Å²) in [6.07, 6.45) is 0.120. The SMILES string of the molecule is CC1(C)[C@@H](C(=O)N[C@@H](CC(=O)N2CCN(C(=O)c3c(Cl)cccc3Cl)CC2)C(=O)O)CC[C@]1(C)C(=O)O. The van der Waals surface area contributed by atoms with E-state index < -0.39 is 53.0 Å². The third-order valence-corrected chi connectivity index (χ3v) is 8.73. The van der Waals surface area contributed by atoms with Crippen LogP contribution in [0.3, 0.4) is 0 Å². The second kappa shape index (κ2) is 10.9. The van der Waals surface area contributed by atoms with Gasteiger partial charge in [-0.25, -0.2) is 4.79 Å². The molecule has 3 N–H and O–H groups in total. The molecular formula is C25H31Cl2N3O7. The van der Waals surface area contributed by atoms with Crippen LogP contribution in [0.4, 0.5) is 0 Å². The highest BCUT2D eigenvalue weighted by molar-refractivity contribution is 6.39. The number of carbonyl (C=O) groups is 5. The van der Waals surface area contributed by atoms with Gasteiger partial charge in [0.15, 0.2) is 0 Å². The molecule has 0 unspecified atom stereocenters. The fraction of sp³-hybridized carbons (Fsp3) is 0.560. The molecule has 1 aromatic carbocycles. The first-order valence-corrected chi connectivity index (χ1v) is 12.7. The third kappa shape index (κ3) is 5.55. The van der Waals surface area contributed by atoms with Gasteiger partial charge in [-0.05, 0) is 37.3 Å². The van der Waals surface area contributed by atoms with Gasteiger partial charge in [0.05, 0.1) is 27.4 Å². The number of carboxylic acid groups (broad SMARTS) is 2. The van der Waals surface area contributed by atoms with Crippen LogP contribution in [0.2, 0.25) is 10.0 Å². The Hall–Kier alpha value is -2.85. The van der Waals surface area contributed by atoms with Crippen molar-refractivity contribution in [3.05, 3.63) is 33.8 Å². The van der Waals surface area contributed by atoms with Crippen molar-refractivity contribution < 1.29 is 34.2 Å². The predicted octanol–water partition coefficient (Wildman–Crippen LogP) is 2.76. The smallest absolute Gasteiger partial charge is 0.326 e. The summed E-state index contributed by atoms with van der Waals surface area (Å²) in [7, 11) is 0. The molecule has 0 bridgehead atoms. The Bertz CT molecular complexity index is 1100. The lowest BCUT2D eigenvalue weighted by atomic mass is 9.65. The van der Waals surface area contributed by atoms with E-state index in [0.29, 0.717) is 6.42 Å². The molecular weight excluding hydrogens is 525 g/mol. The van der Waals surface area contributed by atoms with Gasteiger partial charge in [-0.1, -0.05) is 43.1 Å². The van der Waals surface area contributed by atoms with Gasteiger partial charge in [0.1, 0.15) is 6.04 Å². The molecule has 1 aliphatic heterocycles. The van der Waals surface area contributed by atoms with Gasteiger partial charge in [0, 0.05) is 32.1 Å². The van der Waals surface area contributed by atoms with Crippen molar-refractivity contribution in [2.45, 2.75) is 46.1 Å². The monoisotopic (exact) mass is 555 g/mol. The first-order chi connectivity index (χ1) is 17.2. The number of carboxylic acids is 2. The Balaban J connectivity index is 1.60. The van der Waals surface area contributed by atoms with Crippen molar-refractivity contribution in [1.29, 1.82) is 0 Å². The van der Waals surface area contributed by atoms with Gasteiger partial charge in [-0.2, -0.15) is 0 Å². The Morgan fingerprint density at radius 2 is 1.54 bits per heavy atom. The number of aliphatic carboxylic acids is 2. The fourth-order valence-corrected chi connectivity index (χ4v) is 5.70. The van der Waals surface area contributed by atoms with E-state index in [-0.39, 0.29) is 54.1 Å². The van der Waals surface area contributed by atoms with Crippen LogP contribution in [0.5, 0.6) is 0 Å². The molecule has 0 aromatic heterocycles. The van der Waals surface area contributed by atoms with Gasteiger partial charge < -0.3 is 25.3 Å². The standard InChI is InChI=1S/C25H31Cl2N3O7/c1-24(2)14(7-8-25(24,3)23(36)37)20(32)28-17(22(34)35)13-18(31)29-9-11-30(12-10-29)21(33)19-15(26)5-4-6-16(19)27/h4-6,14,17H,7-13H2,1-3H3,(H,28,32)(H,34,35)(H,36,37)/t14-,17+,25-/m1/s1. The summed E-state index contributed by atoms with van der Waals surface area (Å²) in [6.45, 7) is 5.75. The summed E-state index contributed by atoms with van der Waals surface area (Å²) in [4.78, 5) is 65.4. The topological polar surface area (TPSA) is 144 Å². The molecule has 12 heteroatoms. The van der Waals surface area contributed by atoms with Gasteiger partial charge >= 0.3 is 11.9 Å². The lowest BCUT2D eigenvalue weighted by Crippen LogP contribution is -2.53. The minimum atomic E-state index is -1.46. The summed E-state index contributed by atoms with van der Waals surface area (Å²) < 4.78 is 0. The van der Waals surface area contributed by atoms with Crippen molar-refractivity contribution in [3.63, 3.8) is 0 Å². The Morgan fingerprint density at radius 1 is 1.00 bits per heavy atom. The first-order valence-electron chi connectivity index (χ1n) is 12.0. The van der Waals surface area contributed by atoms with E-state index in [9.17, 15) is 34.2 Å². The summed E-state index contributed by atoms with van der Waals surface area (Å²) >= 11 is 12.3. The lowest BCUT2D eigenvalue weighted by molar-refractivity contribution is -0.155. The second-order valence-corrected chi connectivity index (χ2v) is 11.1. The molecule has 1 heterocycles. The van der Waals surface area contributed by atoms with Gasteiger partial charge in [0.25, 0.3) is 5.91 Å². The number of benzene rings is 1. The molecule has 0 radical (unpaired) electrons. The molecule has 1 aliphatic carbocycles. The molecule has 2 aliphatic rings. The average Bonchev–Trinajstić information content (AvgIpc) is 3.08. The van der Waals surface area contributed by atoms with Crippen LogP contribution in [-0.2, 0) is 19.2 Å². The zero-order valence-electron chi connectivity index (χ0n) is 20.9. The predicted molar refractivity (Wildman–Crippen MR) is 135 cm³/mol. The largest absolute Gasteiger partial charge is 0.481 e. The normalized spacial score (nSPS) is 23.9. The summed E-state index contributed by atoms with van der Waals surface area (Å²) in [6, 6.07) is 3.30. The average molecular weight is 556 g/mol. The highest BCUT2D eigenvalue weighted by Gasteiger charge is 2.58. The van der Waals surface area contributed by atoms with Gasteiger partial charge in [-0.15, -0.1) is 0 Å². The van der Waals surface area contributed by atoms with Crippen LogP contribution in [-0.4, -0.2) is 81.9 Å².